The molecule has 0 atom stereocenters. The number of carbonyl (C=O) groups is 2. The first-order valence-electron chi connectivity index (χ1n) is 6.70. The molecule has 2 heterocycles. The van der Waals surface area contributed by atoms with E-state index < -0.39 is 18.1 Å². The average molecular weight is 377 g/mol. The summed E-state index contributed by atoms with van der Waals surface area (Å²) in [5, 5.41) is 25.2. The van der Waals surface area contributed by atoms with Crippen LogP contribution in [0, 0.1) is 0 Å². The quantitative estimate of drug-likeness (QED) is 0.728. The van der Waals surface area contributed by atoms with Crippen LogP contribution in [0.5, 0.6) is 23.1 Å². The van der Waals surface area contributed by atoms with Gasteiger partial charge in [-0.1, -0.05) is 10.3 Å². The molecule has 10 nitrogen and oxygen atoms in total. The molecule has 0 amide bonds. The van der Waals surface area contributed by atoms with Gasteiger partial charge in [-0.05, 0) is 12.1 Å². The van der Waals surface area contributed by atoms with Crippen molar-refractivity contribution in [1.82, 2.24) is 15.4 Å². The monoisotopic (exact) mass is 377 g/mol. The Morgan fingerprint density at radius 3 is 2.35 bits per heavy atom. The second-order valence-corrected chi connectivity index (χ2v) is 4.51. The van der Waals surface area contributed by atoms with Gasteiger partial charge >= 0.3 is 18.1 Å². The van der Waals surface area contributed by atoms with E-state index in [2.05, 4.69) is 15.4 Å². The third kappa shape index (κ3) is 4.75. The Hall–Kier alpha value is -3.51. The molecule has 140 valence electrons. The van der Waals surface area contributed by atoms with Crippen LogP contribution in [-0.4, -0.2) is 57.0 Å². The van der Waals surface area contributed by atoms with E-state index in [1.54, 1.807) is 18.2 Å². The van der Waals surface area contributed by atoms with Crippen LogP contribution in [0.3, 0.4) is 0 Å². The van der Waals surface area contributed by atoms with Gasteiger partial charge in [-0.3, -0.25) is 0 Å². The maximum absolute atomic E-state index is 10.9. The van der Waals surface area contributed by atoms with Gasteiger partial charge in [0.15, 0.2) is 11.5 Å². The minimum Gasteiger partial charge on any atom is -0.486 e. The topological polar surface area (TPSA) is 144 Å². The molecule has 1 aromatic heterocycles. The highest BCUT2D eigenvalue weighted by molar-refractivity contribution is 5.87. The molecule has 2 aromatic rings. The van der Waals surface area contributed by atoms with Crippen molar-refractivity contribution in [3.05, 3.63) is 23.9 Å². The molecule has 0 aliphatic carbocycles. The molecule has 13 heteroatoms. The normalized spacial score (nSPS) is 12.6. The van der Waals surface area contributed by atoms with E-state index in [1.807, 2.05) is 0 Å². The summed E-state index contributed by atoms with van der Waals surface area (Å²) in [4.78, 5) is 19.8. The second kappa shape index (κ2) is 7.58. The van der Waals surface area contributed by atoms with Crippen LogP contribution in [0.1, 0.15) is 10.5 Å². The first kappa shape index (κ1) is 18.8. The number of aromatic amines is 1. The number of ether oxygens (including phenoxy) is 3. The molecule has 1 aliphatic heterocycles. The smallest absolute Gasteiger partial charge is 0.486 e. The van der Waals surface area contributed by atoms with Crippen LogP contribution in [0.4, 0.5) is 13.2 Å². The van der Waals surface area contributed by atoms with Crippen LogP contribution in [0.15, 0.2) is 18.2 Å². The first-order chi connectivity index (χ1) is 12.2. The summed E-state index contributed by atoms with van der Waals surface area (Å²) in [5.41, 5.74) is -0.213. The molecule has 0 spiro atoms. The number of hydrogen-bond donors (Lipinski definition) is 3. The van der Waals surface area contributed by atoms with Gasteiger partial charge in [0.05, 0.1) is 0 Å². The number of rotatable bonds is 3. The lowest BCUT2D eigenvalue weighted by molar-refractivity contribution is -0.192. The molecular formula is C13H10F3N3O7. The number of aliphatic carboxylic acids is 1. The van der Waals surface area contributed by atoms with Gasteiger partial charge in [0.1, 0.15) is 19.0 Å². The Bertz CT molecular complexity index is 807. The Balaban J connectivity index is 0.000000298. The number of benzene rings is 1. The third-order valence-corrected chi connectivity index (χ3v) is 2.70. The molecule has 0 saturated carbocycles. The zero-order valence-electron chi connectivity index (χ0n) is 12.6. The van der Waals surface area contributed by atoms with E-state index in [9.17, 15) is 18.0 Å². The zero-order chi connectivity index (χ0) is 19.3. The minimum absolute atomic E-state index is 0.107. The van der Waals surface area contributed by atoms with Crippen LogP contribution in [0.2, 0.25) is 0 Å². The number of fused-ring (bicyclic) bond motifs is 1. The van der Waals surface area contributed by atoms with Crippen molar-refractivity contribution >= 4 is 11.9 Å². The van der Waals surface area contributed by atoms with E-state index in [0.717, 1.165) is 0 Å². The zero-order valence-corrected chi connectivity index (χ0v) is 12.6. The maximum Gasteiger partial charge on any atom is 0.490 e. The summed E-state index contributed by atoms with van der Waals surface area (Å²) in [6.45, 7) is 0.959. The first-order valence-corrected chi connectivity index (χ1v) is 6.70. The molecule has 26 heavy (non-hydrogen) atoms. The van der Waals surface area contributed by atoms with E-state index in [1.165, 1.54) is 0 Å². The SMILES string of the molecule is O=C(O)C(F)(F)F.O=C(O)c1[nH]nnc1Oc1ccc2c(c1)OCCO2. The van der Waals surface area contributed by atoms with Crippen LogP contribution < -0.4 is 14.2 Å². The number of halogens is 3. The van der Waals surface area contributed by atoms with Crippen molar-refractivity contribution in [2.45, 2.75) is 6.18 Å². The summed E-state index contributed by atoms with van der Waals surface area (Å²) in [6, 6.07) is 4.92. The Labute approximate surface area is 142 Å². The van der Waals surface area contributed by atoms with Crippen molar-refractivity contribution in [3.8, 4) is 23.1 Å². The summed E-state index contributed by atoms with van der Waals surface area (Å²) >= 11 is 0. The molecule has 1 aliphatic rings. The van der Waals surface area contributed by atoms with E-state index in [0.29, 0.717) is 30.5 Å². The van der Waals surface area contributed by atoms with Crippen molar-refractivity contribution in [1.29, 1.82) is 0 Å². The Morgan fingerprint density at radius 2 is 1.77 bits per heavy atom. The maximum atomic E-state index is 10.9. The number of H-pyrrole nitrogens is 1. The van der Waals surface area contributed by atoms with Crippen LogP contribution >= 0.6 is 0 Å². The van der Waals surface area contributed by atoms with Crippen molar-refractivity contribution in [2.24, 2.45) is 0 Å². The molecule has 1 aromatic carbocycles. The molecule has 0 bridgehead atoms. The van der Waals surface area contributed by atoms with Gasteiger partial charge in [0, 0.05) is 6.07 Å². The number of carboxylic acid groups (broad SMARTS) is 2. The van der Waals surface area contributed by atoms with Gasteiger partial charge in [0.25, 0.3) is 5.88 Å². The number of alkyl halides is 3. The lowest BCUT2D eigenvalue weighted by Gasteiger charge is -2.18. The average Bonchev–Trinajstić information content (AvgIpc) is 3.03. The number of hydrogen-bond acceptors (Lipinski definition) is 7. The highest BCUT2D eigenvalue weighted by atomic mass is 19.4. The number of aromatic carboxylic acids is 1. The van der Waals surface area contributed by atoms with Crippen molar-refractivity contribution in [2.75, 3.05) is 13.2 Å². The van der Waals surface area contributed by atoms with E-state index in [-0.39, 0.29) is 11.6 Å². The van der Waals surface area contributed by atoms with Crippen molar-refractivity contribution in [3.63, 3.8) is 0 Å². The number of nitrogens with zero attached hydrogens (tertiary/aromatic N) is 2. The lowest BCUT2D eigenvalue weighted by Crippen LogP contribution is -2.21. The summed E-state index contributed by atoms with van der Waals surface area (Å²) in [6.07, 6.45) is -5.08. The highest BCUT2D eigenvalue weighted by Crippen LogP contribution is 2.35. The summed E-state index contributed by atoms with van der Waals surface area (Å²) in [5.74, 6) is -2.50. The predicted octanol–water partition coefficient (Wildman–Crippen LogP) is 1.70. The van der Waals surface area contributed by atoms with Crippen LogP contribution in [-0.2, 0) is 4.79 Å². The number of aromatic nitrogens is 3. The van der Waals surface area contributed by atoms with Gasteiger partial charge < -0.3 is 24.4 Å². The fourth-order valence-corrected chi connectivity index (χ4v) is 1.63. The Morgan fingerprint density at radius 1 is 1.15 bits per heavy atom. The molecule has 3 rings (SSSR count). The van der Waals surface area contributed by atoms with Gasteiger partial charge in [-0.2, -0.15) is 13.2 Å². The fourth-order valence-electron chi connectivity index (χ4n) is 1.63. The largest absolute Gasteiger partial charge is 0.490 e. The molecule has 0 radical (unpaired) electrons. The molecule has 0 fully saturated rings. The lowest BCUT2D eigenvalue weighted by atomic mass is 10.3. The van der Waals surface area contributed by atoms with Crippen LogP contribution in [0.25, 0.3) is 0 Å². The van der Waals surface area contributed by atoms with E-state index >= 15 is 0 Å². The van der Waals surface area contributed by atoms with Crippen molar-refractivity contribution < 1.29 is 47.2 Å². The predicted molar refractivity (Wildman–Crippen MR) is 74.5 cm³/mol. The number of nitrogens with one attached hydrogen (secondary N) is 1. The minimum atomic E-state index is -5.08. The fraction of sp³-hybridized carbons (Fsp3) is 0.231. The van der Waals surface area contributed by atoms with Gasteiger partial charge in [-0.25, -0.2) is 14.7 Å². The van der Waals surface area contributed by atoms with Gasteiger partial charge in [0.2, 0.25) is 5.69 Å². The molecule has 0 unspecified atom stereocenters. The summed E-state index contributed by atoms with van der Waals surface area (Å²) in [7, 11) is 0. The molecule has 0 saturated heterocycles. The van der Waals surface area contributed by atoms with Gasteiger partial charge in [-0.15, -0.1) is 0 Å². The number of carboxylic acids is 2. The highest BCUT2D eigenvalue weighted by Gasteiger charge is 2.38. The third-order valence-electron chi connectivity index (χ3n) is 2.70. The Kier molecular flexibility index (Phi) is 5.49. The van der Waals surface area contributed by atoms with E-state index in [4.69, 9.17) is 29.2 Å². The molecule has 3 N–H and O–H groups in total. The summed E-state index contributed by atoms with van der Waals surface area (Å²) < 4.78 is 47.9. The second-order valence-electron chi connectivity index (χ2n) is 4.51. The molecular weight excluding hydrogens is 367 g/mol. The standard InChI is InChI=1S/C11H9N3O5.C2HF3O2/c15-11(16)9-10(13-14-12-9)19-6-1-2-7-8(5-6)18-4-3-17-7;3-2(4,5)1(6)7/h1-2,5H,3-4H2,(H,15,16)(H,12,13,14);(H,6,7).